The quantitative estimate of drug-likeness (QED) is 0.194. The second kappa shape index (κ2) is 15.7. The van der Waals surface area contributed by atoms with Crippen molar-refractivity contribution in [2.24, 2.45) is 0 Å². The summed E-state index contributed by atoms with van der Waals surface area (Å²) in [6.45, 7) is 7.05. The number of carbonyl (C=O) groups excluding carboxylic acids is 2. The van der Waals surface area contributed by atoms with Gasteiger partial charge in [-0.25, -0.2) is 8.42 Å². The highest BCUT2D eigenvalue weighted by Gasteiger charge is 2.34. The number of nitrogens with zero attached hydrogens (tertiary/aromatic N) is 2. The number of halogens is 2. The number of carbonyl (C=O) groups is 2. The fraction of sp³-hybridized carbons (Fsp3) is 0.355. The molecule has 8 nitrogen and oxygen atoms in total. The Morgan fingerprint density at radius 3 is 2.07 bits per heavy atom. The molecule has 0 aliphatic heterocycles. The summed E-state index contributed by atoms with van der Waals surface area (Å²) in [4.78, 5) is 29.8. The Morgan fingerprint density at radius 1 is 0.953 bits per heavy atom. The molecule has 43 heavy (non-hydrogen) atoms. The van der Waals surface area contributed by atoms with Crippen LogP contribution < -0.4 is 14.4 Å². The molecule has 0 aromatic heterocycles. The third-order valence-corrected chi connectivity index (χ3v) is 9.81. The molecule has 232 valence electrons. The summed E-state index contributed by atoms with van der Waals surface area (Å²) in [6.07, 6.45) is 2.17. The van der Waals surface area contributed by atoms with Crippen LogP contribution >= 0.6 is 35.0 Å². The highest BCUT2D eigenvalue weighted by Crippen LogP contribution is 2.30. The van der Waals surface area contributed by atoms with Crippen molar-refractivity contribution in [3.05, 3.63) is 82.3 Å². The molecule has 1 unspecified atom stereocenters. The standard InChI is InChI=1S/C31H37Cl2N3O5S2/c1-6-29(31(38)34-21(3)4)35(19-26-27(32)9-8-10-28(26)33)30(37)20-36(22-11-13-23(14-12-22)41-7-2)43(39,40)25-17-15-24(42-5)16-18-25/h8-18,21,29H,6-7,19-20H2,1-5H3,(H,34,38). The number of hydrogen-bond donors (Lipinski definition) is 1. The number of ether oxygens (including phenoxy) is 1. The number of thioether (sulfide) groups is 1. The van der Waals surface area contributed by atoms with Gasteiger partial charge in [0.05, 0.1) is 17.2 Å². The van der Waals surface area contributed by atoms with Crippen LogP contribution in [0.25, 0.3) is 0 Å². The van der Waals surface area contributed by atoms with E-state index in [-0.39, 0.29) is 35.5 Å². The molecule has 0 fully saturated rings. The maximum atomic E-state index is 14.2. The zero-order valence-corrected chi connectivity index (χ0v) is 28.0. The minimum absolute atomic E-state index is 0.0253. The number of benzene rings is 3. The molecule has 12 heteroatoms. The van der Waals surface area contributed by atoms with Crippen molar-refractivity contribution in [2.75, 3.05) is 23.7 Å². The van der Waals surface area contributed by atoms with Crippen molar-refractivity contribution in [1.29, 1.82) is 0 Å². The third kappa shape index (κ3) is 8.81. The van der Waals surface area contributed by atoms with Crippen molar-refractivity contribution in [3.63, 3.8) is 0 Å². The van der Waals surface area contributed by atoms with Gasteiger partial charge in [-0.3, -0.25) is 13.9 Å². The summed E-state index contributed by atoms with van der Waals surface area (Å²) in [5.41, 5.74) is 0.722. The van der Waals surface area contributed by atoms with Crippen LogP contribution in [0.1, 0.15) is 39.7 Å². The lowest BCUT2D eigenvalue weighted by molar-refractivity contribution is -0.140. The highest BCUT2D eigenvalue weighted by molar-refractivity contribution is 7.98. The second-order valence-electron chi connectivity index (χ2n) is 9.92. The molecule has 0 radical (unpaired) electrons. The summed E-state index contributed by atoms with van der Waals surface area (Å²) in [6, 6.07) is 16.8. The highest BCUT2D eigenvalue weighted by atomic mass is 35.5. The first kappa shape index (κ1) is 34.6. The van der Waals surface area contributed by atoms with Crippen LogP contribution in [0.15, 0.2) is 76.5 Å². The number of nitrogens with one attached hydrogen (secondary N) is 1. The van der Waals surface area contributed by atoms with Crippen LogP contribution in [0.5, 0.6) is 5.75 Å². The van der Waals surface area contributed by atoms with Crippen LogP contribution in [-0.4, -0.2) is 56.6 Å². The first-order chi connectivity index (χ1) is 20.4. The molecular weight excluding hydrogens is 629 g/mol. The fourth-order valence-electron chi connectivity index (χ4n) is 4.43. The number of amides is 2. The van der Waals surface area contributed by atoms with Gasteiger partial charge in [-0.1, -0.05) is 36.2 Å². The van der Waals surface area contributed by atoms with Gasteiger partial charge in [0, 0.05) is 33.1 Å². The van der Waals surface area contributed by atoms with Crippen molar-refractivity contribution in [2.45, 2.75) is 62.5 Å². The van der Waals surface area contributed by atoms with Crippen molar-refractivity contribution >= 4 is 62.5 Å². The van der Waals surface area contributed by atoms with Gasteiger partial charge < -0.3 is 15.0 Å². The normalized spacial score (nSPS) is 12.1. The van der Waals surface area contributed by atoms with E-state index in [1.54, 1.807) is 61.5 Å². The predicted octanol–water partition coefficient (Wildman–Crippen LogP) is 6.64. The lowest BCUT2D eigenvalue weighted by Gasteiger charge is -2.34. The molecular formula is C31H37Cl2N3O5S2. The molecule has 3 aromatic carbocycles. The summed E-state index contributed by atoms with van der Waals surface area (Å²) >= 11 is 14.4. The predicted molar refractivity (Wildman–Crippen MR) is 175 cm³/mol. The molecule has 0 bridgehead atoms. The Labute approximate surface area is 268 Å². The lowest BCUT2D eigenvalue weighted by Crippen LogP contribution is -2.53. The Morgan fingerprint density at radius 2 is 1.56 bits per heavy atom. The SMILES string of the molecule is CCOc1ccc(N(CC(=O)N(Cc2c(Cl)cccc2Cl)C(CC)C(=O)NC(C)C)S(=O)(=O)c2ccc(SC)cc2)cc1. The molecule has 0 spiro atoms. The van der Waals surface area contributed by atoms with Crippen molar-refractivity contribution in [1.82, 2.24) is 10.2 Å². The largest absolute Gasteiger partial charge is 0.494 e. The smallest absolute Gasteiger partial charge is 0.264 e. The Bertz CT molecular complexity index is 1480. The average Bonchev–Trinajstić information content (AvgIpc) is 2.97. The Balaban J connectivity index is 2.11. The maximum Gasteiger partial charge on any atom is 0.264 e. The van der Waals surface area contributed by atoms with E-state index in [2.05, 4.69) is 5.32 Å². The van der Waals surface area contributed by atoms with Crippen LogP contribution in [0, 0.1) is 0 Å². The van der Waals surface area contributed by atoms with Crippen LogP contribution in [0.2, 0.25) is 10.0 Å². The van der Waals surface area contributed by atoms with Gasteiger partial charge in [0.15, 0.2) is 0 Å². The topological polar surface area (TPSA) is 96.0 Å². The van der Waals surface area contributed by atoms with Crippen LogP contribution in [-0.2, 0) is 26.2 Å². The summed E-state index contributed by atoms with van der Waals surface area (Å²) < 4.78 is 34.7. The zero-order chi connectivity index (χ0) is 31.7. The molecule has 3 aromatic rings. The van der Waals surface area contributed by atoms with Gasteiger partial charge in [-0.15, -0.1) is 11.8 Å². The molecule has 0 aliphatic rings. The summed E-state index contributed by atoms with van der Waals surface area (Å²) in [5, 5.41) is 3.52. The second-order valence-corrected chi connectivity index (χ2v) is 13.5. The van der Waals surface area contributed by atoms with E-state index in [1.165, 1.54) is 28.8 Å². The van der Waals surface area contributed by atoms with Gasteiger partial charge in [-0.05, 0) is 94.1 Å². The van der Waals surface area contributed by atoms with E-state index >= 15 is 0 Å². The van der Waals surface area contributed by atoms with Gasteiger partial charge in [-0.2, -0.15) is 0 Å². The van der Waals surface area contributed by atoms with E-state index in [4.69, 9.17) is 27.9 Å². The summed E-state index contributed by atoms with van der Waals surface area (Å²) in [7, 11) is -4.21. The summed E-state index contributed by atoms with van der Waals surface area (Å²) in [5.74, 6) is -0.400. The minimum Gasteiger partial charge on any atom is -0.494 e. The molecule has 2 amide bonds. The average molecular weight is 667 g/mol. The number of rotatable bonds is 14. The van der Waals surface area contributed by atoms with Crippen molar-refractivity contribution < 1.29 is 22.7 Å². The van der Waals surface area contributed by atoms with Crippen LogP contribution in [0.4, 0.5) is 5.69 Å². The van der Waals surface area contributed by atoms with E-state index in [1.807, 2.05) is 27.0 Å². The lowest BCUT2D eigenvalue weighted by atomic mass is 10.1. The number of sulfonamides is 1. The molecule has 1 N–H and O–H groups in total. The maximum absolute atomic E-state index is 14.2. The van der Waals surface area contributed by atoms with Gasteiger partial charge in [0.2, 0.25) is 11.8 Å². The van der Waals surface area contributed by atoms with Crippen molar-refractivity contribution in [3.8, 4) is 5.75 Å². The van der Waals surface area contributed by atoms with E-state index < -0.39 is 28.5 Å². The number of anilines is 1. The van der Waals surface area contributed by atoms with Crippen LogP contribution in [0.3, 0.4) is 0 Å². The van der Waals surface area contributed by atoms with Gasteiger partial charge in [0.1, 0.15) is 18.3 Å². The molecule has 0 heterocycles. The van der Waals surface area contributed by atoms with Gasteiger partial charge in [0.25, 0.3) is 10.0 Å². The molecule has 0 saturated carbocycles. The van der Waals surface area contributed by atoms with E-state index in [0.717, 1.165) is 9.20 Å². The molecule has 1 atom stereocenters. The molecule has 0 aliphatic carbocycles. The first-order valence-corrected chi connectivity index (χ1v) is 17.3. The Hall–Kier alpha value is -2.92. The molecule has 3 rings (SSSR count). The molecule has 0 saturated heterocycles. The monoisotopic (exact) mass is 665 g/mol. The first-order valence-electron chi connectivity index (χ1n) is 13.8. The number of hydrogen-bond acceptors (Lipinski definition) is 6. The fourth-order valence-corrected chi connectivity index (χ4v) is 6.77. The third-order valence-electron chi connectivity index (χ3n) is 6.57. The van der Waals surface area contributed by atoms with Gasteiger partial charge >= 0.3 is 0 Å². The zero-order valence-electron chi connectivity index (χ0n) is 24.8. The minimum atomic E-state index is -4.21. The van der Waals surface area contributed by atoms with E-state index in [0.29, 0.717) is 28.0 Å². The van der Waals surface area contributed by atoms with E-state index in [9.17, 15) is 18.0 Å². The Kier molecular flexibility index (Phi) is 12.6.